The minimum Gasteiger partial charge on any atom is -0.322 e. The minimum absolute atomic E-state index is 0.153. The molecule has 0 aliphatic rings. The maximum Gasteiger partial charge on any atom is 0.256 e. The van der Waals surface area contributed by atoms with E-state index in [1.54, 1.807) is 4.68 Å². The van der Waals surface area contributed by atoms with Crippen molar-refractivity contribution in [2.75, 3.05) is 5.32 Å². The van der Waals surface area contributed by atoms with Crippen LogP contribution in [0.2, 0.25) is 0 Å². The zero-order chi connectivity index (χ0) is 19.8. The highest BCUT2D eigenvalue weighted by atomic mass is 16.1. The average Bonchev–Trinajstić information content (AvgIpc) is 3.02. The van der Waals surface area contributed by atoms with Gasteiger partial charge in [-0.25, -0.2) is 9.67 Å². The summed E-state index contributed by atoms with van der Waals surface area (Å²) in [4.78, 5) is 17.8. The summed E-state index contributed by atoms with van der Waals surface area (Å²) < 4.78 is 1.80. The molecule has 5 heteroatoms. The number of fused-ring (bicyclic) bond motifs is 1. The predicted octanol–water partition coefficient (Wildman–Crippen LogP) is 4.91. The van der Waals surface area contributed by atoms with Crippen molar-refractivity contribution in [3.8, 4) is 5.69 Å². The van der Waals surface area contributed by atoms with Gasteiger partial charge in [-0.2, -0.15) is 5.10 Å². The molecule has 4 aromatic rings. The Hall–Kier alpha value is -3.47. The number of hydrogen-bond donors (Lipinski definition) is 1. The first-order valence-corrected chi connectivity index (χ1v) is 9.25. The Morgan fingerprint density at radius 3 is 2.46 bits per heavy atom. The fourth-order valence-electron chi connectivity index (χ4n) is 3.42. The van der Waals surface area contributed by atoms with Crippen LogP contribution in [0, 0.1) is 27.7 Å². The van der Waals surface area contributed by atoms with E-state index in [1.807, 2.05) is 82.3 Å². The molecule has 0 radical (unpaired) electrons. The Labute approximate surface area is 164 Å². The van der Waals surface area contributed by atoms with E-state index < -0.39 is 0 Å². The van der Waals surface area contributed by atoms with Gasteiger partial charge in [-0.1, -0.05) is 30.3 Å². The van der Waals surface area contributed by atoms with Crippen LogP contribution in [0.5, 0.6) is 0 Å². The van der Waals surface area contributed by atoms with Crippen molar-refractivity contribution in [1.82, 2.24) is 14.8 Å². The van der Waals surface area contributed by atoms with E-state index in [0.29, 0.717) is 11.2 Å². The van der Waals surface area contributed by atoms with Gasteiger partial charge in [-0.3, -0.25) is 4.79 Å². The molecule has 1 amide bonds. The van der Waals surface area contributed by atoms with Crippen molar-refractivity contribution in [2.24, 2.45) is 0 Å². The first-order chi connectivity index (χ1) is 13.5. The fraction of sp³-hybridized carbons (Fsp3) is 0.174. The van der Waals surface area contributed by atoms with Crippen molar-refractivity contribution in [3.05, 3.63) is 82.7 Å². The van der Waals surface area contributed by atoms with Crippen LogP contribution in [-0.4, -0.2) is 20.7 Å². The van der Waals surface area contributed by atoms with Crippen LogP contribution in [0.1, 0.15) is 32.9 Å². The van der Waals surface area contributed by atoms with Gasteiger partial charge in [-0.05, 0) is 63.1 Å². The molecule has 1 N–H and O–H groups in total. The summed E-state index contributed by atoms with van der Waals surface area (Å²) in [7, 11) is 0. The van der Waals surface area contributed by atoms with Crippen molar-refractivity contribution in [2.45, 2.75) is 27.7 Å². The largest absolute Gasteiger partial charge is 0.322 e. The topological polar surface area (TPSA) is 59.8 Å². The molecule has 0 bridgehead atoms. The lowest BCUT2D eigenvalue weighted by molar-refractivity contribution is 0.102. The summed E-state index contributed by atoms with van der Waals surface area (Å²) in [5.74, 6) is -0.153. The second kappa shape index (κ2) is 6.93. The first kappa shape index (κ1) is 17.9. The van der Waals surface area contributed by atoms with Crippen molar-refractivity contribution in [1.29, 1.82) is 0 Å². The maximum absolute atomic E-state index is 13.2. The Morgan fingerprint density at radius 1 is 0.964 bits per heavy atom. The van der Waals surface area contributed by atoms with E-state index in [1.165, 1.54) is 0 Å². The molecular weight excluding hydrogens is 348 g/mol. The third-order valence-corrected chi connectivity index (χ3v) is 5.04. The van der Waals surface area contributed by atoms with Crippen LogP contribution in [-0.2, 0) is 0 Å². The Kier molecular flexibility index (Phi) is 4.43. The monoisotopic (exact) mass is 370 g/mol. The molecule has 0 atom stereocenters. The predicted molar refractivity (Wildman–Crippen MR) is 112 cm³/mol. The quantitative estimate of drug-likeness (QED) is 0.558. The smallest absolute Gasteiger partial charge is 0.256 e. The van der Waals surface area contributed by atoms with Crippen molar-refractivity contribution < 1.29 is 4.79 Å². The fourth-order valence-corrected chi connectivity index (χ4v) is 3.42. The SMILES string of the molecule is Cc1cc(C(=O)Nc2cccc(C)c2C)c2c(C)nn(-c3ccccc3)c2n1. The molecular formula is C23H22N4O. The molecule has 140 valence electrons. The summed E-state index contributed by atoms with van der Waals surface area (Å²) in [6.07, 6.45) is 0. The molecule has 0 unspecified atom stereocenters. The average molecular weight is 370 g/mol. The first-order valence-electron chi connectivity index (χ1n) is 9.25. The summed E-state index contributed by atoms with van der Waals surface area (Å²) >= 11 is 0. The van der Waals surface area contributed by atoms with Gasteiger partial charge < -0.3 is 5.32 Å². The van der Waals surface area contributed by atoms with Gasteiger partial charge >= 0.3 is 0 Å². The molecule has 0 spiro atoms. The number of nitrogens with one attached hydrogen (secondary N) is 1. The number of hydrogen-bond acceptors (Lipinski definition) is 3. The molecule has 0 fully saturated rings. The van der Waals surface area contributed by atoms with E-state index in [2.05, 4.69) is 15.4 Å². The zero-order valence-electron chi connectivity index (χ0n) is 16.4. The van der Waals surface area contributed by atoms with E-state index in [-0.39, 0.29) is 5.91 Å². The molecule has 0 aliphatic carbocycles. The number of aromatic nitrogens is 3. The highest BCUT2D eigenvalue weighted by molar-refractivity contribution is 6.13. The minimum atomic E-state index is -0.153. The number of anilines is 1. The number of benzene rings is 2. The van der Waals surface area contributed by atoms with Crippen LogP contribution in [0.15, 0.2) is 54.6 Å². The van der Waals surface area contributed by atoms with Crippen LogP contribution < -0.4 is 5.32 Å². The summed E-state index contributed by atoms with van der Waals surface area (Å²) in [5, 5.41) is 8.49. The molecule has 5 nitrogen and oxygen atoms in total. The summed E-state index contributed by atoms with van der Waals surface area (Å²) in [6.45, 7) is 7.85. The van der Waals surface area contributed by atoms with Gasteiger partial charge in [0.25, 0.3) is 5.91 Å². The third kappa shape index (κ3) is 3.05. The Balaban J connectivity index is 1.85. The number of carbonyl (C=O) groups is 1. The lowest BCUT2D eigenvalue weighted by Crippen LogP contribution is -2.14. The molecule has 0 aliphatic heterocycles. The molecule has 28 heavy (non-hydrogen) atoms. The van der Waals surface area contributed by atoms with Crippen LogP contribution in [0.3, 0.4) is 0 Å². The summed E-state index contributed by atoms with van der Waals surface area (Å²) in [5.41, 5.74) is 6.77. The normalized spacial score (nSPS) is 11.0. The molecule has 2 heterocycles. The van der Waals surface area contributed by atoms with E-state index in [9.17, 15) is 4.79 Å². The van der Waals surface area contributed by atoms with E-state index >= 15 is 0 Å². The highest BCUT2D eigenvalue weighted by Gasteiger charge is 2.20. The molecule has 2 aromatic carbocycles. The van der Waals surface area contributed by atoms with Gasteiger partial charge in [0.05, 0.1) is 22.3 Å². The Morgan fingerprint density at radius 2 is 1.71 bits per heavy atom. The lowest BCUT2D eigenvalue weighted by Gasteiger charge is -2.12. The third-order valence-electron chi connectivity index (χ3n) is 5.04. The standard InChI is InChI=1S/C23H22N4O/c1-14-9-8-12-20(16(14)3)25-23(28)19-13-15(2)24-22-21(19)17(4)26-27(22)18-10-6-5-7-11-18/h5-13H,1-4H3,(H,25,28). The number of nitrogens with zero attached hydrogens (tertiary/aromatic N) is 3. The number of para-hydroxylation sites is 1. The van der Waals surface area contributed by atoms with Crippen LogP contribution in [0.4, 0.5) is 5.69 Å². The molecule has 2 aromatic heterocycles. The molecule has 4 rings (SSSR count). The number of rotatable bonds is 3. The number of carbonyl (C=O) groups excluding carboxylic acids is 1. The van der Waals surface area contributed by atoms with E-state index in [0.717, 1.165) is 39.3 Å². The number of aryl methyl sites for hydroxylation is 3. The Bertz CT molecular complexity index is 1190. The van der Waals surface area contributed by atoms with E-state index in [4.69, 9.17) is 0 Å². The molecule has 0 saturated heterocycles. The lowest BCUT2D eigenvalue weighted by atomic mass is 10.1. The molecule has 0 saturated carbocycles. The van der Waals surface area contributed by atoms with Crippen LogP contribution >= 0.6 is 0 Å². The van der Waals surface area contributed by atoms with Crippen molar-refractivity contribution >= 4 is 22.6 Å². The number of amides is 1. The second-order valence-electron chi connectivity index (χ2n) is 7.04. The van der Waals surface area contributed by atoms with Crippen molar-refractivity contribution in [3.63, 3.8) is 0 Å². The van der Waals surface area contributed by atoms with Gasteiger partial charge in [0.1, 0.15) is 0 Å². The van der Waals surface area contributed by atoms with Gasteiger partial charge in [-0.15, -0.1) is 0 Å². The maximum atomic E-state index is 13.2. The van der Waals surface area contributed by atoms with Gasteiger partial charge in [0, 0.05) is 11.4 Å². The highest BCUT2D eigenvalue weighted by Crippen LogP contribution is 2.26. The number of pyridine rings is 1. The zero-order valence-corrected chi connectivity index (χ0v) is 16.4. The van der Waals surface area contributed by atoms with Crippen LogP contribution in [0.25, 0.3) is 16.7 Å². The summed E-state index contributed by atoms with van der Waals surface area (Å²) in [6, 6.07) is 17.6. The van der Waals surface area contributed by atoms with Gasteiger partial charge in [0.2, 0.25) is 0 Å². The second-order valence-corrected chi connectivity index (χ2v) is 7.04. The van der Waals surface area contributed by atoms with Gasteiger partial charge in [0.15, 0.2) is 5.65 Å².